The normalized spacial score (nSPS) is 9.29. The molecule has 0 heterocycles. The Bertz CT molecular complexity index is 364. The van der Waals surface area contributed by atoms with Crippen molar-refractivity contribution in [1.29, 1.82) is 0 Å². The lowest BCUT2D eigenvalue weighted by Crippen LogP contribution is -2.02. The fourth-order valence-electron chi connectivity index (χ4n) is 0.959. The number of hydrogen-bond donors (Lipinski definition) is 2. The number of esters is 1. The zero-order valence-electron chi connectivity index (χ0n) is 7.35. The Morgan fingerprint density at radius 1 is 1.57 bits per heavy atom. The molecule has 0 aliphatic heterocycles. The molecule has 2 N–H and O–H groups in total. The molecule has 6 heteroatoms. The molecule has 0 saturated heterocycles. The molecule has 0 unspecified atom stereocenters. The lowest BCUT2D eigenvalue weighted by atomic mass is 10.1. The van der Waals surface area contributed by atoms with E-state index in [0.29, 0.717) is 0 Å². The zero-order chi connectivity index (χ0) is 10.6. The van der Waals surface area contributed by atoms with E-state index in [9.17, 15) is 9.70 Å². The predicted octanol–water partition coefficient (Wildman–Crippen LogP) is 1.67. The van der Waals surface area contributed by atoms with Crippen LogP contribution in [0, 0.1) is 4.91 Å². The highest BCUT2D eigenvalue weighted by molar-refractivity contribution is 5.95. The lowest BCUT2D eigenvalue weighted by molar-refractivity contribution is 0.0602. The summed E-state index contributed by atoms with van der Waals surface area (Å²) in [6.07, 6.45) is 0. The van der Waals surface area contributed by atoms with Crippen molar-refractivity contribution in [2.45, 2.75) is 0 Å². The summed E-state index contributed by atoms with van der Waals surface area (Å²) in [4.78, 5) is 21.4. The molecular weight excluding hydrogens is 188 g/mol. The van der Waals surface area contributed by atoms with Crippen LogP contribution in [0.4, 0.5) is 11.4 Å². The van der Waals surface area contributed by atoms with Crippen molar-refractivity contribution in [2.75, 3.05) is 12.6 Å². The van der Waals surface area contributed by atoms with Gasteiger partial charge in [0.25, 0.3) is 0 Å². The number of nitroso groups, excluding NO2 is 1. The fraction of sp³-hybridized carbons (Fsp3) is 0.125. The van der Waals surface area contributed by atoms with Crippen LogP contribution in [0.15, 0.2) is 23.4 Å². The first-order chi connectivity index (χ1) is 6.72. The van der Waals surface area contributed by atoms with Gasteiger partial charge in [-0.15, -0.1) is 4.91 Å². The average molecular weight is 196 g/mol. The molecule has 0 atom stereocenters. The third-order valence-electron chi connectivity index (χ3n) is 1.63. The lowest BCUT2D eigenvalue weighted by Gasteiger charge is -2.03. The summed E-state index contributed by atoms with van der Waals surface area (Å²) >= 11 is 0. The molecule has 6 nitrogen and oxygen atoms in total. The highest BCUT2D eigenvalue weighted by Crippen LogP contribution is 2.23. The molecule has 0 aliphatic rings. The van der Waals surface area contributed by atoms with Crippen LogP contribution < -0.4 is 5.48 Å². The summed E-state index contributed by atoms with van der Waals surface area (Å²) in [6.45, 7) is 0. The first-order valence-corrected chi connectivity index (χ1v) is 3.68. The number of anilines is 1. The van der Waals surface area contributed by atoms with E-state index in [1.165, 1.54) is 25.3 Å². The maximum Gasteiger partial charge on any atom is 0.340 e. The summed E-state index contributed by atoms with van der Waals surface area (Å²) in [7, 11) is 1.19. The minimum Gasteiger partial charge on any atom is -0.465 e. The molecule has 0 aromatic heterocycles. The Labute approximate surface area is 79.4 Å². The monoisotopic (exact) mass is 196 g/mol. The number of nitrogens with zero attached hydrogens (tertiary/aromatic N) is 1. The Morgan fingerprint density at radius 2 is 2.29 bits per heavy atom. The minimum absolute atomic E-state index is 0.00144. The van der Waals surface area contributed by atoms with Crippen LogP contribution in [0.5, 0.6) is 0 Å². The summed E-state index contributed by atoms with van der Waals surface area (Å²) < 4.78 is 4.43. The van der Waals surface area contributed by atoms with Gasteiger partial charge in [-0.05, 0) is 23.4 Å². The van der Waals surface area contributed by atoms with Crippen molar-refractivity contribution in [3.63, 3.8) is 0 Å². The van der Waals surface area contributed by atoms with Crippen LogP contribution in [0.3, 0.4) is 0 Å². The third-order valence-corrected chi connectivity index (χ3v) is 1.63. The fourth-order valence-corrected chi connectivity index (χ4v) is 0.959. The Morgan fingerprint density at radius 3 is 2.79 bits per heavy atom. The van der Waals surface area contributed by atoms with E-state index in [2.05, 4.69) is 9.91 Å². The molecule has 0 amide bonds. The van der Waals surface area contributed by atoms with Crippen molar-refractivity contribution >= 4 is 17.3 Å². The van der Waals surface area contributed by atoms with Crippen LogP contribution in [0.2, 0.25) is 0 Å². The van der Waals surface area contributed by atoms with Gasteiger partial charge in [-0.2, -0.15) is 0 Å². The van der Waals surface area contributed by atoms with E-state index in [1.54, 1.807) is 0 Å². The van der Waals surface area contributed by atoms with Gasteiger partial charge in [0.15, 0.2) is 0 Å². The Hall–Kier alpha value is -1.95. The molecule has 0 saturated carbocycles. The predicted molar refractivity (Wildman–Crippen MR) is 48.6 cm³/mol. The first-order valence-electron chi connectivity index (χ1n) is 3.68. The van der Waals surface area contributed by atoms with Gasteiger partial charge in [-0.3, -0.25) is 10.7 Å². The number of benzene rings is 1. The molecule has 0 bridgehead atoms. The second-order valence-electron chi connectivity index (χ2n) is 2.43. The highest BCUT2D eigenvalue weighted by Gasteiger charge is 2.13. The van der Waals surface area contributed by atoms with Crippen molar-refractivity contribution in [3.05, 3.63) is 28.7 Å². The quantitative estimate of drug-likeness (QED) is 0.436. The van der Waals surface area contributed by atoms with Gasteiger partial charge in [0.05, 0.1) is 18.4 Å². The van der Waals surface area contributed by atoms with Gasteiger partial charge in [-0.25, -0.2) is 4.79 Å². The molecule has 1 rings (SSSR count). The summed E-state index contributed by atoms with van der Waals surface area (Å²) in [5, 5.41) is 11.2. The van der Waals surface area contributed by atoms with Gasteiger partial charge in [-0.1, -0.05) is 0 Å². The van der Waals surface area contributed by atoms with E-state index in [-0.39, 0.29) is 16.9 Å². The summed E-state index contributed by atoms with van der Waals surface area (Å²) in [5.41, 5.74) is 2.09. The topological polar surface area (TPSA) is 88.0 Å². The van der Waals surface area contributed by atoms with Gasteiger partial charge >= 0.3 is 5.97 Å². The molecule has 74 valence electrons. The number of methoxy groups -OCH3 is 1. The molecule has 0 aliphatic carbocycles. The van der Waals surface area contributed by atoms with Gasteiger partial charge in [0.2, 0.25) is 0 Å². The number of carbonyl (C=O) groups is 1. The van der Waals surface area contributed by atoms with Crippen LogP contribution in [0.25, 0.3) is 0 Å². The molecule has 0 fully saturated rings. The second-order valence-corrected chi connectivity index (χ2v) is 2.43. The molecular formula is C8H8N2O4. The smallest absolute Gasteiger partial charge is 0.340 e. The third kappa shape index (κ3) is 1.86. The number of rotatable bonds is 3. The first kappa shape index (κ1) is 10.1. The van der Waals surface area contributed by atoms with Gasteiger partial charge in [0.1, 0.15) is 5.69 Å². The highest BCUT2D eigenvalue weighted by atomic mass is 16.5. The van der Waals surface area contributed by atoms with Gasteiger partial charge < -0.3 is 4.74 Å². The number of hydrogen-bond acceptors (Lipinski definition) is 6. The Balaban J connectivity index is 3.21. The van der Waals surface area contributed by atoms with E-state index in [4.69, 9.17) is 5.21 Å². The van der Waals surface area contributed by atoms with Crippen molar-refractivity contribution in [1.82, 2.24) is 0 Å². The van der Waals surface area contributed by atoms with E-state index in [1.807, 2.05) is 5.48 Å². The summed E-state index contributed by atoms with van der Waals surface area (Å²) in [6, 6.07) is 3.98. The Kier molecular flexibility index (Phi) is 3.14. The summed E-state index contributed by atoms with van der Waals surface area (Å²) in [5.74, 6) is -0.684. The molecule has 1 aromatic rings. The van der Waals surface area contributed by atoms with Crippen molar-refractivity contribution in [2.24, 2.45) is 5.18 Å². The van der Waals surface area contributed by atoms with Crippen LogP contribution >= 0.6 is 0 Å². The molecule has 0 spiro atoms. The van der Waals surface area contributed by atoms with Crippen molar-refractivity contribution in [3.8, 4) is 0 Å². The SMILES string of the molecule is COC(=O)c1cc(NO)ccc1N=O. The maximum absolute atomic E-state index is 11.1. The minimum atomic E-state index is -0.684. The van der Waals surface area contributed by atoms with E-state index < -0.39 is 5.97 Å². The number of nitrogens with one attached hydrogen (secondary N) is 1. The average Bonchev–Trinajstić information content (AvgIpc) is 2.27. The molecule has 0 radical (unpaired) electrons. The van der Waals surface area contributed by atoms with Crippen molar-refractivity contribution < 1.29 is 14.7 Å². The van der Waals surface area contributed by atoms with Gasteiger partial charge in [0, 0.05) is 0 Å². The standard InChI is InChI=1S/C8H8N2O4/c1-14-8(11)6-4-5(9-12)2-3-7(6)10-13/h2-4,9,12H,1H3. The van der Waals surface area contributed by atoms with Crippen LogP contribution in [0.1, 0.15) is 10.4 Å². The van der Waals surface area contributed by atoms with Crippen LogP contribution in [-0.2, 0) is 4.74 Å². The zero-order valence-corrected chi connectivity index (χ0v) is 7.35. The number of carbonyl (C=O) groups excluding carboxylic acids is 1. The van der Waals surface area contributed by atoms with E-state index in [0.717, 1.165) is 0 Å². The second kappa shape index (κ2) is 4.33. The number of ether oxygens (including phenoxy) is 1. The maximum atomic E-state index is 11.1. The molecule has 1 aromatic carbocycles. The van der Waals surface area contributed by atoms with Crippen LogP contribution in [-0.4, -0.2) is 18.3 Å². The van der Waals surface area contributed by atoms with E-state index >= 15 is 0 Å². The molecule has 14 heavy (non-hydrogen) atoms. The largest absolute Gasteiger partial charge is 0.465 e.